The van der Waals surface area contributed by atoms with E-state index in [1.807, 2.05) is 24.3 Å². The summed E-state index contributed by atoms with van der Waals surface area (Å²) in [6.07, 6.45) is 7.62. The molecule has 1 aliphatic rings. The zero-order valence-corrected chi connectivity index (χ0v) is 12.2. The van der Waals surface area contributed by atoms with Gasteiger partial charge < -0.3 is 9.84 Å². The smallest absolute Gasteiger partial charge is 0.307 e. The minimum absolute atomic E-state index is 0.249. The number of benzene rings is 1. The summed E-state index contributed by atoms with van der Waals surface area (Å²) >= 11 is 0. The molecule has 0 spiro atoms. The van der Waals surface area contributed by atoms with Crippen molar-refractivity contribution in [2.45, 2.75) is 44.9 Å². The van der Waals surface area contributed by atoms with Crippen LogP contribution in [0, 0.1) is 11.8 Å². The van der Waals surface area contributed by atoms with Crippen LogP contribution in [0.25, 0.3) is 0 Å². The maximum atomic E-state index is 11.6. The van der Waals surface area contributed by atoms with Crippen LogP contribution in [-0.2, 0) is 11.2 Å². The van der Waals surface area contributed by atoms with Gasteiger partial charge >= 0.3 is 5.97 Å². The lowest BCUT2D eigenvalue weighted by molar-refractivity contribution is -0.143. The molecular formula is C17H24O3. The van der Waals surface area contributed by atoms with Crippen LogP contribution in [0.1, 0.15) is 44.1 Å². The predicted molar refractivity (Wildman–Crippen MR) is 79.0 cm³/mol. The molecular weight excluding hydrogens is 252 g/mol. The summed E-state index contributed by atoms with van der Waals surface area (Å²) in [4.78, 5) is 11.6. The van der Waals surface area contributed by atoms with Crippen molar-refractivity contribution in [3.05, 3.63) is 29.8 Å². The third kappa shape index (κ3) is 3.99. The Balaban J connectivity index is 2.05. The van der Waals surface area contributed by atoms with Crippen molar-refractivity contribution in [2.75, 3.05) is 7.11 Å². The number of carboxylic acid groups (broad SMARTS) is 1. The van der Waals surface area contributed by atoms with E-state index < -0.39 is 5.97 Å². The molecule has 3 nitrogen and oxygen atoms in total. The van der Waals surface area contributed by atoms with Crippen molar-refractivity contribution < 1.29 is 14.6 Å². The number of ether oxygens (including phenoxy) is 1. The molecule has 1 fully saturated rings. The Morgan fingerprint density at radius 3 is 2.30 bits per heavy atom. The second kappa shape index (κ2) is 7.32. The van der Waals surface area contributed by atoms with Gasteiger partial charge in [-0.15, -0.1) is 0 Å². The molecule has 0 saturated heterocycles. The summed E-state index contributed by atoms with van der Waals surface area (Å²) in [5.41, 5.74) is 1.09. The SMILES string of the molecule is COc1ccc(CC(C(=O)O)C2CCCCCC2)cc1. The van der Waals surface area contributed by atoms with Gasteiger partial charge in [0.05, 0.1) is 13.0 Å². The average molecular weight is 276 g/mol. The van der Waals surface area contributed by atoms with Gasteiger partial charge in [-0.1, -0.05) is 37.8 Å². The van der Waals surface area contributed by atoms with Crippen LogP contribution in [0.3, 0.4) is 0 Å². The van der Waals surface area contributed by atoms with Crippen molar-refractivity contribution in [3.63, 3.8) is 0 Å². The first-order valence-corrected chi connectivity index (χ1v) is 7.56. The second-order valence-electron chi connectivity index (χ2n) is 5.75. The standard InChI is InChI=1S/C17H24O3/c1-20-15-10-8-13(9-11-15)12-16(17(18)19)14-6-4-2-3-5-7-14/h8-11,14,16H,2-7,12H2,1H3,(H,18,19). The van der Waals surface area contributed by atoms with Crippen molar-refractivity contribution in [3.8, 4) is 5.75 Å². The van der Waals surface area contributed by atoms with E-state index in [4.69, 9.17) is 4.74 Å². The Bertz CT molecular complexity index is 416. The van der Waals surface area contributed by atoms with Crippen LogP contribution in [0.5, 0.6) is 5.75 Å². The zero-order chi connectivity index (χ0) is 14.4. The van der Waals surface area contributed by atoms with Crippen molar-refractivity contribution in [1.29, 1.82) is 0 Å². The lowest BCUT2D eigenvalue weighted by Gasteiger charge is -2.22. The Morgan fingerprint density at radius 1 is 1.20 bits per heavy atom. The molecule has 1 aromatic rings. The number of methoxy groups -OCH3 is 1. The van der Waals surface area contributed by atoms with E-state index in [1.165, 1.54) is 25.7 Å². The fraction of sp³-hybridized carbons (Fsp3) is 0.588. The number of rotatable bonds is 5. The summed E-state index contributed by atoms with van der Waals surface area (Å²) in [6, 6.07) is 7.76. The molecule has 1 unspecified atom stereocenters. The second-order valence-corrected chi connectivity index (χ2v) is 5.75. The first-order valence-electron chi connectivity index (χ1n) is 7.56. The maximum Gasteiger partial charge on any atom is 0.307 e. The van der Waals surface area contributed by atoms with Crippen LogP contribution in [0.4, 0.5) is 0 Å². The van der Waals surface area contributed by atoms with Gasteiger partial charge in [0.15, 0.2) is 0 Å². The van der Waals surface area contributed by atoms with Gasteiger partial charge in [-0.2, -0.15) is 0 Å². The maximum absolute atomic E-state index is 11.6. The summed E-state index contributed by atoms with van der Waals surface area (Å²) < 4.78 is 5.14. The normalized spacial score (nSPS) is 18.2. The Morgan fingerprint density at radius 2 is 1.80 bits per heavy atom. The Labute approximate surface area is 121 Å². The molecule has 1 aliphatic carbocycles. The summed E-state index contributed by atoms with van der Waals surface area (Å²) in [7, 11) is 1.64. The van der Waals surface area contributed by atoms with Gasteiger partial charge in [-0.25, -0.2) is 0 Å². The van der Waals surface area contributed by atoms with Crippen LogP contribution in [-0.4, -0.2) is 18.2 Å². The molecule has 20 heavy (non-hydrogen) atoms. The summed E-state index contributed by atoms with van der Waals surface area (Å²) in [5, 5.41) is 9.55. The molecule has 1 N–H and O–H groups in total. The highest BCUT2D eigenvalue weighted by Crippen LogP contribution is 2.31. The molecule has 0 aliphatic heterocycles. The van der Waals surface area contributed by atoms with Crippen LogP contribution in [0.15, 0.2) is 24.3 Å². The molecule has 2 rings (SSSR count). The molecule has 110 valence electrons. The quantitative estimate of drug-likeness (QED) is 0.829. The van der Waals surface area contributed by atoms with E-state index in [1.54, 1.807) is 7.11 Å². The Hall–Kier alpha value is -1.51. The molecule has 3 heteroatoms. The minimum Gasteiger partial charge on any atom is -0.497 e. The zero-order valence-electron chi connectivity index (χ0n) is 12.2. The van der Waals surface area contributed by atoms with Gasteiger partial charge in [-0.05, 0) is 42.9 Å². The molecule has 0 radical (unpaired) electrons. The fourth-order valence-corrected chi connectivity index (χ4v) is 3.18. The number of hydrogen-bond acceptors (Lipinski definition) is 2. The number of carbonyl (C=O) groups is 1. The lowest BCUT2D eigenvalue weighted by atomic mass is 9.82. The van der Waals surface area contributed by atoms with Crippen LogP contribution >= 0.6 is 0 Å². The van der Waals surface area contributed by atoms with E-state index in [0.717, 1.165) is 24.2 Å². The van der Waals surface area contributed by atoms with E-state index in [-0.39, 0.29) is 5.92 Å². The van der Waals surface area contributed by atoms with Crippen LogP contribution in [0.2, 0.25) is 0 Å². The molecule has 1 atom stereocenters. The van der Waals surface area contributed by atoms with Crippen molar-refractivity contribution in [1.82, 2.24) is 0 Å². The predicted octanol–water partition coefficient (Wildman–Crippen LogP) is 3.91. The highest BCUT2D eigenvalue weighted by Gasteiger charge is 2.28. The number of hydrogen-bond donors (Lipinski definition) is 1. The number of carboxylic acids is 1. The van der Waals surface area contributed by atoms with Gasteiger partial charge in [-0.3, -0.25) is 4.79 Å². The number of aliphatic carboxylic acids is 1. The van der Waals surface area contributed by atoms with E-state index >= 15 is 0 Å². The summed E-state index contributed by atoms with van der Waals surface area (Å²) in [5.74, 6) is 0.251. The summed E-state index contributed by atoms with van der Waals surface area (Å²) in [6.45, 7) is 0. The van der Waals surface area contributed by atoms with E-state index in [9.17, 15) is 9.90 Å². The highest BCUT2D eigenvalue weighted by molar-refractivity contribution is 5.70. The molecule has 0 aromatic heterocycles. The largest absolute Gasteiger partial charge is 0.497 e. The molecule has 0 amide bonds. The third-order valence-electron chi connectivity index (χ3n) is 4.40. The lowest BCUT2D eigenvalue weighted by Crippen LogP contribution is -2.25. The molecule has 1 saturated carbocycles. The van der Waals surface area contributed by atoms with Gasteiger partial charge in [0, 0.05) is 0 Å². The van der Waals surface area contributed by atoms with E-state index in [0.29, 0.717) is 12.3 Å². The van der Waals surface area contributed by atoms with Crippen molar-refractivity contribution in [2.24, 2.45) is 11.8 Å². The monoisotopic (exact) mass is 276 g/mol. The topological polar surface area (TPSA) is 46.5 Å². The highest BCUT2D eigenvalue weighted by atomic mass is 16.5. The van der Waals surface area contributed by atoms with Gasteiger partial charge in [0.25, 0.3) is 0 Å². The van der Waals surface area contributed by atoms with Crippen LogP contribution < -0.4 is 4.74 Å². The Kier molecular flexibility index (Phi) is 5.45. The minimum atomic E-state index is -0.646. The average Bonchev–Trinajstić information content (AvgIpc) is 2.74. The first kappa shape index (κ1) is 14.9. The van der Waals surface area contributed by atoms with Gasteiger partial charge in [0.1, 0.15) is 5.75 Å². The third-order valence-corrected chi connectivity index (χ3v) is 4.40. The van der Waals surface area contributed by atoms with Gasteiger partial charge in [0.2, 0.25) is 0 Å². The molecule has 0 bridgehead atoms. The fourth-order valence-electron chi connectivity index (χ4n) is 3.18. The van der Waals surface area contributed by atoms with Crippen molar-refractivity contribution >= 4 is 5.97 Å². The van der Waals surface area contributed by atoms with E-state index in [2.05, 4.69) is 0 Å². The first-order chi connectivity index (χ1) is 9.70. The molecule has 0 heterocycles. The molecule has 1 aromatic carbocycles.